The third-order valence-electron chi connectivity index (χ3n) is 4.27. The third kappa shape index (κ3) is 3.79. The highest BCUT2D eigenvalue weighted by Crippen LogP contribution is 2.29. The molecule has 0 saturated carbocycles. The van der Waals surface area contributed by atoms with Crippen molar-refractivity contribution in [2.45, 2.75) is 18.6 Å². The van der Waals surface area contributed by atoms with Gasteiger partial charge in [-0.1, -0.05) is 6.07 Å². The number of hydrogen-bond donors (Lipinski definition) is 2. The first kappa shape index (κ1) is 18.6. The normalized spacial score (nSPS) is 12.9. The maximum absolute atomic E-state index is 13.0. The minimum atomic E-state index is -4.67. The van der Waals surface area contributed by atoms with Crippen molar-refractivity contribution in [3.8, 4) is 0 Å². The summed E-state index contributed by atoms with van der Waals surface area (Å²) in [6.45, 7) is 0.570. The zero-order chi connectivity index (χ0) is 20.6. The number of hydrogen-bond acceptors (Lipinski definition) is 5. The summed E-state index contributed by atoms with van der Waals surface area (Å²) in [6.07, 6.45) is 1.43. The standard InChI is InChI=1S/C18H14F3N7O/c19-18(20,21)13-3-4-24-16(27-13)14(15(22)29)17-25-11-2-1-10(7-12(11)26-17)8-28-6-5-23-9-28/h1-7,9,14H,8H2,(H2,22,29)(H,25,26). The van der Waals surface area contributed by atoms with Gasteiger partial charge >= 0.3 is 6.18 Å². The first-order valence-electron chi connectivity index (χ1n) is 8.45. The molecule has 0 spiro atoms. The molecule has 3 N–H and O–H groups in total. The summed E-state index contributed by atoms with van der Waals surface area (Å²) < 4.78 is 40.8. The average molecular weight is 401 g/mol. The van der Waals surface area contributed by atoms with E-state index in [0.717, 1.165) is 17.8 Å². The molecule has 8 nitrogen and oxygen atoms in total. The number of aromatic nitrogens is 6. The van der Waals surface area contributed by atoms with Crippen molar-refractivity contribution in [2.24, 2.45) is 5.73 Å². The van der Waals surface area contributed by atoms with Gasteiger partial charge in [-0.25, -0.2) is 19.9 Å². The Balaban J connectivity index is 1.72. The van der Waals surface area contributed by atoms with Gasteiger partial charge in [0, 0.05) is 25.1 Å². The minimum absolute atomic E-state index is 0.0756. The lowest BCUT2D eigenvalue weighted by molar-refractivity contribution is -0.141. The molecule has 4 aromatic rings. The number of benzene rings is 1. The van der Waals surface area contributed by atoms with Crippen LogP contribution >= 0.6 is 0 Å². The van der Waals surface area contributed by atoms with Gasteiger partial charge in [0.1, 0.15) is 17.3 Å². The summed E-state index contributed by atoms with van der Waals surface area (Å²) in [5, 5.41) is 0. The highest BCUT2D eigenvalue weighted by molar-refractivity contribution is 5.85. The molecule has 1 atom stereocenters. The van der Waals surface area contributed by atoms with Gasteiger partial charge in [0.15, 0.2) is 5.92 Å². The summed E-state index contributed by atoms with van der Waals surface area (Å²) >= 11 is 0. The second-order valence-electron chi connectivity index (χ2n) is 6.34. The fourth-order valence-corrected chi connectivity index (χ4v) is 2.96. The van der Waals surface area contributed by atoms with Gasteiger partial charge in [0.05, 0.1) is 17.4 Å². The topological polar surface area (TPSA) is 115 Å². The van der Waals surface area contributed by atoms with E-state index >= 15 is 0 Å². The number of carbonyl (C=O) groups is 1. The number of amides is 1. The van der Waals surface area contributed by atoms with Gasteiger partial charge < -0.3 is 15.3 Å². The number of fused-ring (bicyclic) bond motifs is 1. The van der Waals surface area contributed by atoms with Crippen molar-refractivity contribution in [1.82, 2.24) is 29.5 Å². The number of carbonyl (C=O) groups excluding carboxylic acids is 1. The molecular weight excluding hydrogens is 387 g/mol. The number of aromatic amines is 1. The molecule has 11 heteroatoms. The number of alkyl halides is 3. The number of rotatable bonds is 5. The summed E-state index contributed by atoms with van der Waals surface area (Å²) in [5.41, 5.74) is 6.36. The van der Waals surface area contributed by atoms with Gasteiger partial charge in [-0.2, -0.15) is 13.2 Å². The van der Waals surface area contributed by atoms with E-state index in [1.165, 1.54) is 0 Å². The van der Waals surface area contributed by atoms with Crippen LogP contribution in [0.25, 0.3) is 11.0 Å². The zero-order valence-corrected chi connectivity index (χ0v) is 14.8. The van der Waals surface area contributed by atoms with Crippen molar-refractivity contribution in [2.75, 3.05) is 0 Å². The first-order valence-corrected chi connectivity index (χ1v) is 8.45. The van der Waals surface area contributed by atoms with Crippen molar-refractivity contribution in [3.63, 3.8) is 0 Å². The summed E-state index contributed by atoms with van der Waals surface area (Å²) in [7, 11) is 0. The van der Waals surface area contributed by atoms with E-state index in [9.17, 15) is 18.0 Å². The monoisotopic (exact) mass is 401 g/mol. The van der Waals surface area contributed by atoms with Crippen LogP contribution in [-0.2, 0) is 17.5 Å². The number of nitrogens with two attached hydrogens (primary N) is 1. The molecule has 3 aromatic heterocycles. The quantitative estimate of drug-likeness (QED) is 0.532. The van der Waals surface area contributed by atoms with Crippen LogP contribution in [0.3, 0.4) is 0 Å². The largest absolute Gasteiger partial charge is 0.433 e. The smallest absolute Gasteiger partial charge is 0.369 e. The predicted molar refractivity (Wildman–Crippen MR) is 95.5 cm³/mol. The van der Waals surface area contributed by atoms with Gasteiger partial charge in [-0.3, -0.25) is 4.79 Å². The lowest BCUT2D eigenvalue weighted by Gasteiger charge is -2.11. The Morgan fingerprint density at radius 2 is 2.03 bits per heavy atom. The molecule has 1 amide bonds. The number of H-pyrrole nitrogens is 1. The van der Waals surface area contributed by atoms with E-state index in [2.05, 4.69) is 24.9 Å². The van der Waals surface area contributed by atoms with E-state index in [1.807, 2.05) is 22.9 Å². The van der Waals surface area contributed by atoms with E-state index in [-0.39, 0.29) is 11.6 Å². The number of primary amides is 1. The highest BCUT2D eigenvalue weighted by atomic mass is 19.4. The Hall–Kier alpha value is -3.76. The van der Waals surface area contributed by atoms with E-state index < -0.39 is 23.7 Å². The summed E-state index contributed by atoms with van der Waals surface area (Å²) in [6, 6.07) is 6.15. The maximum atomic E-state index is 13.0. The molecule has 0 saturated heterocycles. The van der Waals surface area contributed by atoms with Crippen LogP contribution in [0.4, 0.5) is 13.2 Å². The zero-order valence-electron chi connectivity index (χ0n) is 14.8. The molecule has 0 aliphatic carbocycles. The number of halogens is 3. The molecule has 0 bridgehead atoms. The number of nitrogens with one attached hydrogen (secondary N) is 1. The van der Waals surface area contributed by atoms with Gasteiger partial charge in [-0.05, 0) is 23.8 Å². The lowest BCUT2D eigenvalue weighted by atomic mass is 10.1. The van der Waals surface area contributed by atoms with Gasteiger partial charge in [0.2, 0.25) is 5.91 Å². The third-order valence-corrected chi connectivity index (χ3v) is 4.27. The molecule has 0 fully saturated rings. The fourth-order valence-electron chi connectivity index (χ4n) is 2.96. The van der Waals surface area contributed by atoms with E-state index in [0.29, 0.717) is 17.6 Å². The molecule has 3 heterocycles. The maximum Gasteiger partial charge on any atom is 0.433 e. The van der Waals surface area contributed by atoms with Crippen molar-refractivity contribution >= 4 is 16.9 Å². The SMILES string of the molecule is NC(=O)C(c1nccc(C(F)(F)F)n1)c1nc2ccc(Cn3ccnc3)cc2[nH]1. The minimum Gasteiger partial charge on any atom is -0.369 e. The van der Waals surface area contributed by atoms with Crippen LogP contribution < -0.4 is 5.73 Å². The Morgan fingerprint density at radius 3 is 2.72 bits per heavy atom. The van der Waals surface area contributed by atoms with Crippen LogP contribution in [0.5, 0.6) is 0 Å². The first-order chi connectivity index (χ1) is 13.8. The molecular formula is C18H14F3N7O. The van der Waals surface area contributed by atoms with Crippen molar-refractivity contribution < 1.29 is 18.0 Å². The van der Waals surface area contributed by atoms with E-state index in [1.54, 1.807) is 18.6 Å². The lowest BCUT2D eigenvalue weighted by Crippen LogP contribution is -2.26. The van der Waals surface area contributed by atoms with Crippen molar-refractivity contribution in [3.05, 3.63) is 72.1 Å². The van der Waals surface area contributed by atoms with Gasteiger partial charge in [0.25, 0.3) is 0 Å². The van der Waals surface area contributed by atoms with Crippen LogP contribution in [0, 0.1) is 0 Å². The molecule has 4 rings (SSSR count). The van der Waals surface area contributed by atoms with Crippen LogP contribution in [0.1, 0.15) is 28.8 Å². The Kier molecular flexibility index (Phi) is 4.49. The molecule has 148 valence electrons. The average Bonchev–Trinajstić information content (AvgIpc) is 3.30. The number of nitrogens with zero attached hydrogens (tertiary/aromatic N) is 5. The van der Waals surface area contributed by atoms with Crippen LogP contribution in [0.15, 0.2) is 49.2 Å². The molecule has 29 heavy (non-hydrogen) atoms. The molecule has 1 unspecified atom stereocenters. The number of imidazole rings is 2. The molecule has 0 aliphatic heterocycles. The molecule has 0 aliphatic rings. The van der Waals surface area contributed by atoms with Gasteiger partial charge in [-0.15, -0.1) is 0 Å². The fraction of sp³-hybridized carbons (Fsp3) is 0.167. The van der Waals surface area contributed by atoms with E-state index in [4.69, 9.17) is 5.73 Å². The Morgan fingerprint density at radius 1 is 1.21 bits per heavy atom. The van der Waals surface area contributed by atoms with Crippen molar-refractivity contribution in [1.29, 1.82) is 0 Å². The summed E-state index contributed by atoms with van der Waals surface area (Å²) in [4.78, 5) is 30.5. The van der Waals surface area contributed by atoms with Crippen LogP contribution in [-0.4, -0.2) is 35.4 Å². The molecule has 0 radical (unpaired) electrons. The summed E-state index contributed by atoms with van der Waals surface area (Å²) in [5.74, 6) is -2.56. The molecule has 1 aromatic carbocycles. The Bertz CT molecular complexity index is 1170. The highest BCUT2D eigenvalue weighted by Gasteiger charge is 2.35. The predicted octanol–water partition coefficient (Wildman–Crippen LogP) is 2.23. The second kappa shape index (κ2) is 7.00. The Labute approximate surface area is 161 Å². The van der Waals surface area contributed by atoms with Crippen LogP contribution in [0.2, 0.25) is 0 Å². The second-order valence-corrected chi connectivity index (χ2v) is 6.34.